The molecule has 16 heavy (non-hydrogen) atoms. The van der Waals surface area contributed by atoms with E-state index in [4.69, 9.17) is 5.73 Å². The summed E-state index contributed by atoms with van der Waals surface area (Å²) >= 11 is 1.99. The van der Waals surface area contributed by atoms with E-state index in [1.54, 1.807) is 0 Å². The Hall–Kier alpha value is -0.670. The van der Waals surface area contributed by atoms with Gasteiger partial charge >= 0.3 is 0 Å². The molecule has 0 saturated carbocycles. The summed E-state index contributed by atoms with van der Waals surface area (Å²) in [5.74, 6) is 0. The molecular formula is C13H20N2S. The molecule has 0 aromatic heterocycles. The summed E-state index contributed by atoms with van der Waals surface area (Å²) < 4.78 is 0. The topological polar surface area (TPSA) is 29.3 Å². The number of nitrogens with zero attached hydrogens (tertiary/aromatic N) is 1. The van der Waals surface area contributed by atoms with Gasteiger partial charge in [0.2, 0.25) is 0 Å². The van der Waals surface area contributed by atoms with E-state index in [1.165, 1.54) is 16.1 Å². The van der Waals surface area contributed by atoms with E-state index in [0.29, 0.717) is 5.25 Å². The maximum absolute atomic E-state index is 5.61. The number of fused-ring (bicyclic) bond motifs is 1. The van der Waals surface area contributed by atoms with E-state index < -0.39 is 0 Å². The number of nitrogens with two attached hydrogens (primary N) is 1. The van der Waals surface area contributed by atoms with E-state index in [1.807, 2.05) is 11.8 Å². The maximum atomic E-state index is 5.61. The number of hydrogen-bond donors (Lipinski definition) is 1. The zero-order chi connectivity index (χ0) is 11.5. The second-order valence-electron chi connectivity index (χ2n) is 4.44. The molecular weight excluding hydrogens is 216 g/mol. The van der Waals surface area contributed by atoms with Crippen LogP contribution in [0.2, 0.25) is 0 Å². The number of anilines is 1. The number of rotatable bonds is 3. The SMILES string of the molecule is Cc1cccc2c1N(CCCN)CC(C)S2. The molecule has 0 radical (unpaired) electrons. The lowest BCUT2D eigenvalue weighted by Crippen LogP contribution is -2.35. The molecule has 88 valence electrons. The van der Waals surface area contributed by atoms with E-state index >= 15 is 0 Å². The van der Waals surface area contributed by atoms with Crippen molar-refractivity contribution in [1.29, 1.82) is 0 Å². The third-order valence-corrected chi connectivity index (χ3v) is 4.09. The molecule has 0 saturated heterocycles. The standard InChI is InChI=1S/C13H20N2S/c1-10-5-3-6-12-13(10)15(8-4-7-14)9-11(2)16-12/h3,5-6,11H,4,7-9,14H2,1-2H3. The van der Waals surface area contributed by atoms with Crippen LogP contribution in [0, 0.1) is 6.92 Å². The average molecular weight is 236 g/mol. The second-order valence-corrected chi connectivity index (χ2v) is 5.92. The number of thioether (sulfide) groups is 1. The molecule has 0 aliphatic carbocycles. The van der Waals surface area contributed by atoms with Crippen molar-refractivity contribution < 1.29 is 0 Å². The van der Waals surface area contributed by atoms with Crippen molar-refractivity contribution in [2.45, 2.75) is 30.4 Å². The molecule has 0 bridgehead atoms. The number of para-hydroxylation sites is 1. The van der Waals surface area contributed by atoms with Gasteiger partial charge in [0.1, 0.15) is 0 Å². The minimum Gasteiger partial charge on any atom is -0.369 e. The Morgan fingerprint density at radius 3 is 3.06 bits per heavy atom. The number of hydrogen-bond acceptors (Lipinski definition) is 3. The average Bonchev–Trinajstić information content (AvgIpc) is 2.25. The van der Waals surface area contributed by atoms with Gasteiger partial charge in [-0.2, -0.15) is 0 Å². The first kappa shape index (κ1) is 11.8. The third kappa shape index (κ3) is 2.36. The maximum Gasteiger partial charge on any atom is 0.0534 e. The third-order valence-electron chi connectivity index (χ3n) is 2.95. The fourth-order valence-electron chi connectivity index (χ4n) is 2.27. The van der Waals surface area contributed by atoms with E-state index in [0.717, 1.165) is 26.1 Å². The molecule has 1 atom stereocenters. The van der Waals surface area contributed by atoms with E-state index in [9.17, 15) is 0 Å². The zero-order valence-electron chi connectivity index (χ0n) is 10.1. The van der Waals surface area contributed by atoms with Crippen LogP contribution in [-0.4, -0.2) is 24.9 Å². The molecule has 1 heterocycles. The van der Waals surface area contributed by atoms with Crippen LogP contribution in [0.3, 0.4) is 0 Å². The molecule has 3 heteroatoms. The van der Waals surface area contributed by atoms with Crippen molar-refractivity contribution in [2.75, 3.05) is 24.5 Å². The summed E-state index contributed by atoms with van der Waals surface area (Å²) in [5.41, 5.74) is 8.42. The van der Waals surface area contributed by atoms with E-state index in [2.05, 4.69) is 36.9 Å². The van der Waals surface area contributed by atoms with Gasteiger partial charge in [-0.1, -0.05) is 19.1 Å². The lowest BCUT2D eigenvalue weighted by Gasteiger charge is -2.35. The van der Waals surface area contributed by atoms with Gasteiger partial charge in [-0.25, -0.2) is 0 Å². The molecule has 0 spiro atoms. The summed E-state index contributed by atoms with van der Waals surface area (Å²) in [6.07, 6.45) is 1.07. The van der Waals surface area contributed by atoms with Crippen molar-refractivity contribution in [1.82, 2.24) is 0 Å². The lowest BCUT2D eigenvalue weighted by atomic mass is 10.1. The van der Waals surface area contributed by atoms with Gasteiger partial charge in [0.15, 0.2) is 0 Å². The van der Waals surface area contributed by atoms with Crippen molar-refractivity contribution in [3.8, 4) is 0 Å². The summed E-state index contributed by atoms with van der Waals surface area (Å²) in [4.78, 5) is 3.93. The fourth-order valence-corrected chi connectivity index (χ4v) is 3.52. The van der Waals surface area contributed by atoms with Gasteiger partial charge in [-0.15, -0.1) is 11.8 Å². The monoisotopic (exact) mass is 236 g/mol. The van der Waals surface area contributed by atoms with Gasteiger partial charge in [0.25, 0.3) is 0 Å². The summed E-state index contributed by atoms with van der Waals surface area (Å²) in [5, 5.41) is 0.673. The van der Waals surface area contributed by atoms with Crippen LogP contribution in [-0.2, 0) is 0 Å². The first-order valence-electron chi connectivity index (χ1n) is 5.93. The molecule has 1 aromatic carbocycles. The number of aryl methyl sites for hydroxylation is 1. The van der Waals surface area contributed by atoms with Crippen LogP contribution in [0.1, 0.15) is 18.9 Å². The van der Waals surface area contributed by atoms with Gasteiger partial charge in [0, 0.05) is 23.2 Å². The van der Waals surface area contributed by atoms with Gasteiger partial charge in [0.05, 0.1) is 5.69 Å². The number of benzene rings is 1. The van der Waals surface area contributed by atoms with E-state index in [-0.39, 0.29) is 0 Å². The molecule has 1 aliphatic rings. The molecule has 0 amide bonds. The largest absolute Gasteiger partial charge is 0.369 e. The highest BCUT2D eigenvalue weighted by Gasteiger charge is 2.22. The molecule has 0 fully saturated rings. The minimum absolute atomic E-state index is 0.673. The Morgan fingerprint density at radius 1 is 1.50 bits per heavy atom. The van der Waals surface area contributed by atoms with Gasteiger partial charge in [-0.3, -0.25) is 0 Å². The van der Waals surface area contributed by atoms with Crippen molar-refractivity contribution >= 4 is 17.4 Å². The zero-order valence-corrected chi connectivity index (χ0v) is 10.9. The summed E-state index contributed by atoms with van der Waals surface area (Å²) in [6.45, 7) is 7.50. The highest BCUT2D eigenvalue weighted by atomic mass is 32.2. The molecule has 2 N–H and O–H groups in total. The van der Waals surface area contributed by atoms with Crippen LogP contribution in [0.4, 0.5) is 5.69 Å². The first-order valence-corrected chi connectivity index (χ1v) is 6.81. The van der Waals surface area contributed by atoms with Crippen LogP contribution >= 0.6 is 11.8 Å². The predicted molar refractivity (Wildman–Crippen MR) is 72.4 cm³/mol. The normalized spacial score (nSPS) is 19.7. The Labute approximate surface area is 102 Å². The van der Waals surface area contributed by atoms with Crippen LogP contribution < -0.4 is 10.6 Å². The van der Waals surface area contributed by atoms with Crippen molar-refractivity contribution in [3.63, 3.8) is 0 Å². The summed E-state index contributed by atoms with van der Waals surface area (Å²) in [6, 6.07) is 6.59. The molecule has 2 rings (SSSR count). The highest BCUT2D eigenvalue weighted by molar-refractivity contribution is 8.00. The Kier molecular flexibility index (Phi) is 3.77. The molecule has 1 unspecified atom stereocenters. The van der Waals surface area contributed by atoms with Crippen molar-refractivity contribution in [3.05, 3.63) is 23.8 Å². The summed E-state index contributed by atoms with van der Waals surface area (Å²) in [7, 11) is 0. The molecule has 1 aliphatic heterocycles. The highest BCUT2D eigenvalue weighted by Crippen LogP contribution is 2.40. The van der Waals surface area contributed by atoms with Crippen LogP contribution in [0.15, 0.2) is 23.1 Å². The van der Waals surface area contributed by atoms with Gasteiger partial charge in [-0.05, 0) is 31.5 Å². The van der Waals surface area contributed by atoms with Crippen molar-refractivity contribution in [2.24, 2.45) is 5.73 Å². The molecule has 1 aromatic rings. The minimum atomic E-state index is 0.673. The van der Waals surface area contributed by atoms with Crippen LogP contribution in [0.25, 0.3) is 0 Å². The second kappa shape index (κ2) is 5.11. The Bertz CT molecular complexity index is 365. The first-order chi connectivity index (χ1) is 7.72. The molecule has 2 nitrogen and oxygen atoms in total. The Morgan fingerprint density at radius 2 is 2.31 bits per heavy atom. The predicted octanol–water partition coefficient (Wildman–Crippen LogP) is 2.64. The smallest absolute Gasteiger partial charge is 0.0534 e. The lowest BCUT2D eigenvalue weighted by molar-refractivity contribution is 0.711. The van der Waals surface area contributed by atoms with Crippen LogP contribution in [0.5, 0.6) is 0 Å². The quantitative estimate of drug-likeness (QED) is 0.875. The van der Waals surface area contributed by atoms with Gasteiger partial charge < -0.3 is 10.6 Å². The Balaban J connectivity index is 2.28. The fraction of sp³-hybridized carbons (Fsp3) is 0.538.